The monoisotopic (exact) mass is 1110 g/mol. The minimum absolute atomic E-state index is 0.0119. The lowest BCUT2D eigenvalue weighted by Gasteiger charge is -2.27. The Kier molecular flexibility index (Phi) is 28.1. The number of amides is 10. The van der Waals surface area contributed by atoms with Crippen molar-refractivity contribution in [2.24, 2.45) is 16.5 Å². The summed E-state index contributed by atoms with van der Waals surface area (Å²) >= 11 is 0.752. The number of carboxylic acid groups (broad SMARTS) is 2. The second-order valence-electron chi connectivity index (χ2n) is 16.4. The summed E-state index contributed by atoms with van der Waals surface area (Å²) in [5.74, 6) is -14.8. The summed E-state index contributed by atoms with van der Waals surface area (Å²) in [5.41, 5.74) is 11.3. The minimum Gasteiger partial charge on any atom is -0.481 e. The van der Waals surface area contributed by atoms with E-state index in [-0.39, 0.29) is 63.0 Å². The van der Waals surface area contributed by atoms with Crippen LogP contribution in [0.15, 0.2) is 35.3 Å². The van der Waals surface area contributed by atoms with E-state index < -0.39 is 151 Å². The van der Waals surface area contributed by atoms with E-state index in [1.54, 1.807) is 30.3 Å². The number of guanidine groups is 1. The number of hydrogen-bond acceptors (Lipinski definition) is 18. The third kappa shape index (κ3) is 24.8. The SMILES string of the molecule is COCCOCCNC(=O)CNC(=O)[C@@H]1CSCC(=O)N[C@@H](CC(=O)O)C(=O)N[C@H]2CSSC[C@H](NC(=O)[C@H](CC(=O)O)NC(=O)CNC(=O)[C@H](CCCN=C(N)N)NC2=O)C(=O)N[C@@H](Cc2ccccc2)C(=O)N1. The van der Waals surface area contributed by atoms with Gasteiger partial charge in [-0.05, 0) is 18.4 Å². The number of methoxy groups -OCH3 is 1. The van der Waals surface area contributed by atoms with Gasteiger partial charge in [0.15, 0.2) is 5.96 Å². The molecule has 0 spiro atoms. The molecule has 1 aromatic carbocycles. The van der Waals surface area contributed by atoms with Crippen molar-refractivity contribution >= 4 is 110 Å². The molecule has 1 aromatic rings. The summed E-state index contributed by atoms with van der Waals surface area (Å²) in [7, 11) is 3.17. The van der Waals surface area contributed by atoms with Crippen molar-refractivity contribution < 1.29 is 77.2 Å². The number of fused-ring (bicyclic) bond motifs is 5. The highest BCUT2D eigenvalue weighted by molar-refractivity contribution is 8.76. The normalized spacial score (nSPS) is 23.0. The number of rotatable bonds is 19. The summed E-state index contributed by atoms with van der Waals surface area (Å²) in [6.45, 7) is -0.641. The smallest absolute Gasteiger partial charge is 0.305 e. The fourth-order valence-corrected chi connectivity index (χ4v) is 9.83. The van der Waals surface area contributed by atoms with Crippen LogP contribution < -0.4 is 64.6 Å². The molecule has 2 fully saturated rings. The molecule has 0 aromatic heterocycles. The highest BCUT2D eigenvalue weighted by atomic mass is 33.1. The van der Waals surface area contributed by atoms with Gasteiger partial charge >= 0.3 is 11.9 Å². The van der Waals surface area contributed by atoms with Gasteiger partial charge in [0, 0.05) is 43.9 Å². The van der Waals surface area contributed by atoms with Gasteiger partial charge in [0.05, 0.1) is 51.5 Å². The number of thioether (sulfide) groups is 1. The minimum atomic E-state index is -1.83. The van der Waals surface area contributed by atoms with Crippen LogP contribution in [0.2, 0.25) is 0 Å². The lowest BCUT2D eigenvalue weighted by Crippen LogP contribution is -2.60. The van der Waals surface area contributed by atoms with Gasteiger partial charge in [0.2, 0.25) is 59.1 Å². The molecule has 0 saturated carbocycles. The van der Waals surface area contributed by atoms with E-state index in [9.17, 15) is 67.7 Å². The molecule has 2 saturated heterocycles. The van der Waals surface area contributed by atoms with E-state index in [0.717, 1.165) is 33.3 Å². The zero-order valence-corrected chi connectivity index (χ0v) is 43.1. The number of hydrogen-bond donors (Lipinski definition) is 14. The second-order valence-corrected chi connectivity index (χ2v) is 19.9. The number of aliphatic imine (C=N–C) groups is 1. The molecule has 0 aliphatic carbocycles. The maximum atomic E-state index is 14.4. The van der Waals surface area contributed by atoms with Crippen molar-refractivity contribution in [1.29, 1.82) is 0 Å². The lowest BCUT2D eigenvalue weighted by molar-refractivity contribution is -0.141. The highest BCUT2D eigenvalue weighted by Gasteiger charge is 2.35. The van der Waals surface area contributed by atoms with Crippen molar-refractivity contribution in [1.82, 2.24) is 53.2 Å². The Morgan fingerprint density at radius 1 is 0.680 bits per heavy atom. The first-order valence-corrected chi connectivity index (χ1v) is 26.7. The molecule has 0 unspecified atom stereocenters. The van der Waals surface area contributed by atoms with Crippen LogP contribution in [0, 0.1) is 0 Å². The lowest BCUT2D eigenvalue weighted by atomic mass is 10.0. The van der Waals surface area contributed by atoms with Gasteiger partial charge in [-0.25, -0.2) is 0 Å². The number of carbonyl (C=O) groups is 12. The molecule has 29 nitrogen and oxygen atoms in total. The van der Waals surface area contributed by atoms with Gasteiger partial charge in [0.1, 0.15) is 42.3 Å². The zero-order chi connectivity index (χ0) is 55.3. The van der Waals surface area contributed by atoms with Gasteiger partial charge in [-0.3, -0.25) is 62.5 Å². The molecule has 2 heterocycles. The molecule has 2 aliphatic rings. The molecule has 0 radical (unpaired) electrons. The Balaban J connectivity index is 2.12. The molecule has 75 heavy (non-hydrogen) atoms. The third-order valence-electron chi connectivity index (χ3n) is 10.4. The number of aliphatic carboxylic acids is 2. The van der Waals surface area contributed by atoms with E-state index in [4.69, 9.17) is 20.9 Å². The Bertz CT molecular complexity index is 2210. The standard InChI is InChI=1S/C43H63N13O16S3/c1-71-12-13-72-11-10-46-31(57)17-48-37(65)28-19-73-22-33(59)51-27(16-35(62)63)40(68)55-29-20-74-75-21-30(42(70)53-25(38(66)54-28)14-23-6-3-2-4-7-23)56-39(67)26(15-34(60)61)50-32(58)18-49-36(64)24(52-41(29)69)8-5-9-47-43(44)45/h2-4,6-7,24-30H,5,8-22H2,1H3,(H,46,57)(H,48,65)(H,49,64)(H,50,58)(H,51,59)(H,52,69)(H,53,70)(H,54,66)(H,55,68)(H,56,67)(H,60,61)(H,62,63)(H4,44,45,47)/t24-,25-,26-,27-,28-,29-,30-/m0/s1. The van der Waals surface area contributed by atoms with Gasteiger partial charge in [-0.2, -0.15) is 0 Å². The summed E-state index contributed by atoms with van der Waals surface area (Å²) < 4.78 is 10.2. The molecule has 414 valence electrons. The van der Waals surface area contributed by atoms with Gasteiger partial charge in [-0.1, -0.05) is 51.9 Å². The number of carbonyl (C=O) groups excluding carboxylic acids is 10. The van der Waals surface area contributed by atoms with E-state index in [1.807, 2.05) is 0 Å². The fraction of sp³-hybridized carbons (Fsp3) is 0.558. The van der Waals surface area contributed by atoms with Crippen LogP contribution >= 0.6 is 33.3 Å². The van der Waals surface area contributed by atoms with Crippen molar-refractivity contribution in [2.75, 3.05) is 76.1 Å². The van der Waals surface area contributed by atoms with Crippen LogP contribution in [0.3, 0.4) is 0 Å². The summed E-state index contributed by atoms with van der Waals surface area (Å²) in [5, 5.41) is 43.7. The van der Waals surface area contributed by atoms with Crippen LogP contribution in [0.25, 0.3) is 0 Å². The summed E-state index contributed by atoms with van der Waals surface area (Å²) in [6.07, 6.45) is -2.26. The van der Waals surface area contributed by atoms with Crippen molar-refractivity contribution in [3.8, 4) is 0 Å². The maximum absolute atomic E-state index is 14.4. The average molecular weight is 1110 g/mol. The van der Waals surface area contributed by atoms with Crippen LogP contribution in [0.5, 0.6) is 0 Å². The Labute approximate surface area is 442 Å². The topological polar surface area (TPSA) is 448 Å². The molecular weight excluding hydrogens is 1050 g/mol. The molecular formula is C43H63N13O16S3. The first kappa shape index (κ1) is 62.4. The quantitative estimate of drug-likeness (QED) is 0.0265. The second kappa shape index (κ2) is 33.8. The van der Waals surface area contributed by atoms with Gasteiger partial charge in [-0.15, -0.1) is 11.8 Å². The van der Waals surface area contributed by atoms with Crippen LogP contribution in [-0.2, 0) is 73.4 Å². The Morgan fingerprint density at radius 2 is 1.27 bits per heavy atom. The number of ether oxygens (including phenoxy) is 2. The van der Waals surface area contributed by atoms with E-state index in [1.165, 1.54) is 7.11 Å². The summed E-state index contributed by atoms with van der Waals surface area (Å²) in [4.78, 5) is 165. The molecule has 2 aliphatic heterocycles. The van der Waals surface area contributed by atoms with Gasteiger partial charge < -0.3 is 84.3 Å². The van der Waals surface area contributed by atoms with Gasteiger partial charge in [0.25, 0.3) is 0 Å². The number of nitrogens with one attached hydrogen (secondary N) is 10. The molecule has 10 amide bonds. The first-order chi connectivity index (χ1) is 35.8. The molecule has 16 N–H and O–H groups in total. The van der Waals surface area contributed by atoms with Crippen LogP contribution in [0.4, 0.5) is 0 Å². The number of nitrogens with zero attached hydrogens (tertiary/aromatic N) is 1. The van der Waals surface area contributed by atoms with Crippen molar-refractivity contribution in [3.63, 3.8) is 0 Å². The zero-order valence-electron chi connectivity index (χ0n) is 40.7. The van der Waals surface area contributed by atoms with E-state index in [2.05, 4.69) is 58.2 Å². The highest BCUT2D eigenvalue weighted by Crippen LogP contribution is 2.24. The molecule has 2 bridgehead atoms. The molecule has 3 rings (SSSR count). The molecule has 32 heteroatoms. The van der Waals surface area contributed by atoms with Crippen LogP contribution in [-0.4, -0.2) is 206 Å². The van der Waals surface area contributed by atoms with Crippen LogP contribution in [0.1, 0.15) is 31.2 Å². The predicted molar refractivity (Wildman–Crippen MR) is 272 cm³/mol. The largest absolute Gasteiger partial charge is 0.481 e. The maximum Gasteiger partial charge on any atom is 0.305 e. The Morgan fingerprint density at radius 3 is 1.85 bits per heavy atom. The predicted octanol–water partition coefficient (Wildman–Crippen LogP) is -6.22. The first-order valence-electron chi connectivity index (χ1n) is 23.1. The van der Waals surface area contributed by atoms with Crippen molar-refractivity contribution in [3.05, 3.63) is 35.9 Å². The van der Waals surface area contributed by atoms with E-state index in [0.29, 0.717) is 12.2 Å². The number of carboxylic acids is 2. The summed E-state index contributed by atoms with van der Waals surface area (Å²) in [6, 6.07) is -3.09. The molecule has 7 atom stereocenters. The average Bonchev–Trinajstić information content (AvgIpc) is 3.35. The number of benzene rings is 1. The Hall–Kier alpha value is -6.90. The number of nitrogens with two attached hydrogens (primary N) is 2. The third-order valence-corrected chi connectivity index (χ3v) is 13.8. The fourth-order valence-electron chi connectivity index (χ4n) is 6.64. The van der Waals surface area contributed by atoms with Crippen molar-refractivity contribution in [2.45, 2.75) is 74.4 Å². The van der Waals surface area contributed by atoms with E-state index >= 15 is 0 Å².